The van der Waals surface area contributed by atoms with Crippen molar-refractivity contribution in [1.82, 2.24) is 15.0 Å². The van der Waals surface area contributed by atoms with E-state index in [1.54, 1.807) is 0 Å². The molecule has 0 radical (unpaired) electrons. The van der Waals surface area contributed by atoms with Gasteiger partial charge in [-0.05, 0) is 74.3 Å². The summed E-state index contributed by atoms with van der Waals surface area (Å²) in [5, 5.41) is 6.29. The van der Waals surface area contributed by atoms with E-state index >= 15 is 0 Å². The summed E-state index contributed by atoms with van der Waals surface area (Å²) in [5.74, 6) is 2.02. The molecule has 51 heavy (non-hydrogen) atoms. The van der Waals surface area contributed by atoms with Crippen molar-refractivity contribution in [3.63, 3.8) is 0 Å². The molecule has 7 aromatic carbocycles. The summed E-state index contributed by atoms with van der Waals surface area (Å²) in [5.41, 5.74) is 9.02. The van der Waals surface area contributed by atoms with Gasteiger partial charge in [-0.3, -0.25) is 0 Å². The van der Waals surface area contributed by atoms with Crippen LogP contribution in [0.4, 0.5) is 0 Å². The van der Waals surface area contributed by atoms with Crippen LogP contribution in [0.15, 0.2) is 158 Å². The fourth-order valence-corrected chi connectivity index (χ4v) is 8.75. The second-order valence-corrected chi connectivity index (χ2v) is 14.2. The van der Waals surface area contributed by atoms with Gasteiger partial charge in [-0.2, -0.15) is 0 Å². The van der Waals surface area contributed by atoms with Gasteiger partial charge in [0.2, 0.25) is 0 Å². The maximum Gasteiger partial charge on any atom is 0.165 e. The Hall–Kier alpha value is -6.23. The molecule has 0 atom stereocenters. The number of allylic oxidation sites excluding steroid dienone is 1. The van der Waals surface area contributed by atoms with Gasteiger partial charge in [-0.25, -0.2) is 15.0 Å². The molecule has 0 bridgehead atoms. The third kappa shape index (κ3) is 5.24. The molecule has 10 rings (SSSR count). The van der Waals surface area contributed by atoms with Crippen LogP contribution in [0.3, 0.4) is 0 Å². The monoisotopic (exact) mass is 669 g/mol. The van der Waals surface area contributed by atoms with Crippen molar-refractivity contribution in [3.05, 3.63) is 168 Å². The molecule has 0 fully saturated rings. The van der Waals surface area contributed by atoms with Crippen LogP contribution in [-0.4, -0.2) is 15.0 Å². The summed E-state index contributed by atoms with van der Waals surface area (Å²) in [6.07, 6.45) is 6.72. The molecular formula is C47H31N3S. The lowest BCUT2D eigenvalue weighted by atomic mass is 9.93. The van der Waals surface area contributed by atoms with Gasteiger partial charge < -0.3 is 0 Å². The van der Waals surface area contributed by atoms with Gasteiger partial charge in [0.05, 0.1) is 0 Å². The van der Waals surface area contributed by atoms with E-state index in [1.807, 2.05) is 17.4 Å². The first kappa shape index (κ1) is 29.7. The number of aromatic nitrogens is 3. The van der Waals surface area contributed by atoms with Gasteiger partial charge in [0, 0.05) is 31.7 Å². The summed E-state index contributed by atoms with van der Waals surface area (Å²) in [7, 11) is 0. The van der Waals surface area contributed by atoms with Crippen LogP contribution in [-0.2, 0) is 6.42 Å². The Morgan fingerprint density at radius 1 is 0.431 bits per heavy atom. The number of nitrogens with zero attached hydrogens (tertiary/aromatic N) is 3. The molecule has 0 unspecified atom stereocenters. The molecular weight excluding hydrogens is 639 g/mol. The minimum atomic E-state index is 0.662. The first-order chi connectivity index (χ1) is 25.3. The maximum absolute atomic E-state index is 5.18. The minimum absolute atomic E-state index is 0.662. The Bertz CT molecular complexity index is 2780. The predicted octanol–water partition coefficient (Wildman–Crippen LogP) is 12.7. The van der Waals surface area contributed by atoms with E-state index in [2.05, 4.69) is 158 Å². The van der Waals surface area contributed by atoms with Crippen molar-refractivity contribution < 1.29 is 0 Å². The lowest BCUT2D eigenvalue weighted by molar-refractivity contribution is 1.02. The van der Waals surface area contributed by atoms with Gasteiger partial charge >= 0.3 is 0 Å². The summed E-state index contributed by atoms with van der Waals surface area (Å²) in [6, 6.07) is 53.8. The minimum Gasteiger partial charge on any atom is -0.208 e. The highest BCUT2D eigenvalue weighted by molar-refractivity contribution is 7.20. The van der Waals surface area contributed by atoms with Gasteiger partial charge in [-0.15, -0.1) is 11.3 Å². The molecule has 0 N–H and O–H groups in total. The number of aryl methyl sites for hydroxylation is 1. The van der Waals surface area contributed by atoms with Crippen molar-refractivity contribution in [2.45, 2.75) is 12.8 Å². The lowest BCUT2D eigenvalue weighted by Crippen LogP contribution is -2.00. The van der Waals surface area contributed by atoms with E-state index in [1.165, 1.54) is 53.2 Å². The SMILES string of the molecule is C1=Cc2c(sc3c(-c4nc(-c5ccc(-c6ccccc6)cc5)nc(-c5ccc(-c6cc7ccccc7c7ccccc67)cc5)n4)cccc23)CC1. The van der Waals surface area contributed by atoms with E-state index in [-0.39, 0.29) is 0 Å². The zero-order chi connectivity index (χ0) is 33.7. The smallest absolute Gasteiger partial charge is 0.165 e. The van der Waals surface area contributed by atoms with Crippen molar-refractivity contribution in [2.75, 3.05) is 0 Å². The molecule has 2 heterocycles. The highest BCUT2D eigenvalue weighted by atomic mass is 32.1. The number of thiophene rings is 1. The molecule has 0 saturated carbocycles. The maximum atomic E-state index is 5.18. The number of benzene rings is 7. The van der Waals surface area contributed by atoms with E-state index in [9.17, 15) is 0 Å². The van der Waals surface area contributed by atoms with Crippen LogP contribution in [0.5, 0.6) is 0 Å². The standard InChI is InChI=1S/C47H31N3S/c1-2-11-30(12-3-1)31-21-25-33(26-22-31)45-48-46(50-47(49-45)41-19-10-18-40-39-17-8-9-20-43(39)51-44(40)41)34-27-23-32(24-28-34)42-29-35-13-4-5-14-36(35)37-15-6-7-16-38(37)42/h1-8,10-19,21-29H,9,20H2. The molecule has 0 saturated heterocycles. The molecule has 0 amide bonds. The normalized spacial score (nSPS) is 12.5. The van der Waals surface area contributed by atoms with Crippen molar-refractivity contribution >= 4 is 49.0 Å². The Morgan fingerprint density at radius 3 is 1.78 bits per heavy atom. The molecule has 3 nitrogen and oxygen atoms in total. The van der Waals surface area contributed by atoms with Gasteiger partial charge in [-0.1, -0.05) is 152 Å². The molecule has 2 aromatic heterocycles. The third-order valence-corrected chi connectivity index (χ3v) is 11.3. The summed E-state index contributed by atoms with van der Waals surface area (Å²) in [6.45, 7) is 0. The Balaban J connectivity index is 1.11. The van der Waals surface area contributed by atoms with Crippen LogP contribution in [0.25, 0.3) is 94.1 Å². The Morgan fingerprint density at radius 2 is 1.02 bits per heavy atom. The molecule has 1 aliphatic carbocycles. The topological polar surface area (TPSA) is 38.7 Å². The zero-order valence-electron chi connectivity index (χ0n) is 27.8. The lowest BCUT2D eigenvalue weighted by Gasteiger charge is -2.12. The molecule has 9 aromatic rings. The van der Waals surface area contributed by atoms with Crippen LogP contribution in [0.2, 0.25) is 0 Å². The van der Waals surface area contributed by atoms with E-state index in [4.69, 9.17) is 15.0 Å². The highest BCUT2D eigenvalue weighted by Crippen LogP contribution is 2.41. The fourth-order valence-electron chi connectivity index (χ4n) is 7.44. The first-order valence-electron chi connectivity index (χ1n) is 17.4. The average molecular weight is 670 g/mol. The van der Waals surface area contributed by atoms with E-state index in [0.29, 0.717) is 17.5 Å². The summed E-state index contributed by atoms with van der Waals surface area (Å²) >= 11 is 1.87. The van der Waals surface area contributed by atoms with Crippen LogP contribution < -0.4 is 0 Å². The molecule has 0 spiro atoms. The molecule has 240 valence electrons. The number of hydrogen-bond acceptors (Lipinski definition) is 4. The average Bonchev–Trinajstić information content (AvgIpc) is 3.60. The number of rotatable bonds is 5. The summed E-state index contributed by atoms with van der Waals surface area (Å²) in [4.78, 5) is 16.9. The predicted molar refractivity (Wildman–Crippen MR) is 215 cm³/mol. The first-order valence-corrected chi connectivity index (χ1v) is 18.2. The van der Waals surface area contributed by atoms with Crippen LogP contribution >= 0.6 is 11.3 Å². The third-order valence-electron chi connectivity index (χ3n) is 10.0. The molecule has 1 aliphatic rings. The zero-order valence-corrected chi connectivity index (χ0v) is 28.6. The second-order valence-electron chi connectivity index (χ2n) is 13.1. The van der Waals surface area contributed by atoms with E-state index < -0.39 is 0 Å². The largest absolute Gasteiger partial charge is 0.208 e. The van der Waals surface area contributed by atoms with Crippen molar-refractivity contribution in [3.8, 4) is 56.4 Å². The van der Waals surface area contributed by atoms with E-state index in [0.717, 1.165) is 40.7 Å². The summed E-state index contributed by atoms with van der Waals surface area (Å²) < 4.78 is 1.23. The van der Waals surface area contributed by atoms with Crippen molar-refractivity contribution in [2.24, 2.45) is 0 Å². The second kappa shape index (κ2) is 12.3. The molecule has 4 heteroatoms. The van der Waals surface area contributed by atoms with Crippen molar-refractivity contribution in [1.29, 1.82) is 0 Å². The Labute approximate surface area is 300 Å². The molecule has 0 aliphatic heterocycles. The quantitative estimate of drug-likeness (QED) is 0.171. The van der Waals surface area contributed by atoms with Gasteiger partial charge in [0.25, 0.3) is 0 Å². The van der Waals surface area contributed by atoms with Crippen LogP contribution in [0.1, 0.15) is 16.9 Å². The van der Waals surface area contributed by atoms with Gasteiger partial charge in [0.1, 0.15) is 0 Å². The van der Waals surface area contributed by atoms with Gasteiger partial charge in [0.15, 0.2) is 17.5 Å². The Kier molecular flexibility index (Phi) is 7.14. The fraction of sp³-hybridized carbons (Fsp3) is 0.0426. The van der Waals surface area contributed by atoms with Crippen LogP contribution in [0, 0.1) is 0 Å². The highest BCUT2D eigenvalue weighted by Gasteiger charge is 2.19. The number of hydrogen-bond donors (Lipinski definition) is 0. The number of fused-ring (bicyclic) bond motifs is 6.